The number of amides is 1. The van der Waals surface area contributed by atoms with Crippen molar-refractivity contribution in [2.75, 3.05) is 20.3 Å². The molecule has 0 saturated heterocycles. The van der Waals surface area contributed by atoms with Gasteiger partial charge in [-0.05, 0) is 24.3 Å². The highest BCUT2D eigenvalue weighted by molar-refractivity contribution is 9.10. The molecule has 0 fully saturated rings. The summed E-state index contributed by atoms with van der Waals surface area (Å²) in [7, 11) is 1.33. The second-order valence-electron chi connectivity index (χ2n) is 3.29. The Kier molecular flexibility index (Phi) is 5.65. The number of carbonyl (C=O) groups is 2. The van der Waals surface area contributed by atoms with E-state index in [1.54, 1.807) is 29.6 Å². The third kappa shape index (κ3) is 4.97. The molecule has 0 spiro atoms. The number of carbonyl (C=O) groups excluding carboxylic acids is 2. The number of quaternary nitrogens is 1. The highest BCUT2D eigenvalue weighted by Gasteiger charge is 2.06. The van der Waals surface area contributed by atoms with Gasteiger partial charge in [-0.3, -0.25) is 4.79 Å². The van der Waals surface area contributed by atoms with Crippen molar-refractivity contribution in [1.29, 1.82) is 0 Å². The molecule has 3 N–H and O–H groups in total. The molecule has 1 aromatic carbocycles. The van der Waals surface area contributed by atoms with Gasteiger partial charge < -0.3 is 15.4 Å². The van der Waals surface area contributed by atoms with Crippen molar-refractivity contribution in [3.8, 4) is 0 Å². The largest absolute Gasteiger partial charge is 0.465 e. The van der Waals surface area contributed by atoms with Crippen molar-refractivity contribution in [3.63, 3.8) is 0 Å². The lowest BCUT2D eigenvalue weighted by Crippen LogP contribution is -2.89. The predicted molar refractivity (Wildman–Crippen MR) is 65.3 cm³/mol. The van der Waals surface area contributed by atoms with Gasteiger partial charge in [-0.1, -0.05) is 15.9 Å². The lowest BCUT2D eigenvalue weighted by Gasteiger charge is -2.04. The van der Waals surface area contributed by atoms with E-state index in [1.165, 1.54) is 7.11 Å². The molecule has 1 rings (SSSR count). The number of esters is 1. The fourth-order valence-corrected chi connectivity index (χ4v) is 1.41. The average Bonchev–Trinajstić information content (AvgIpc) is 2.34. The second kappa shape index (κ2) is 7.03. The number of ether oxygens (including phenoxy) is 1. The summed E-state index contributed by atoms with van der Waals surface area (Å²) in [6, 6.07) is 7.04. The highest BCUT2D eigenvalue weighted by atomic mass is 79.9. The van der Waals surface area contributed by atoms with Crippen LogP contribution in [0.1, 0.15) is 10.4 Å². The summed E-state index contributed by atoms with van der Waals surface area (Å²) in [6.07, 6.45) is 0. The Hall–Kier alpha value is -1.40. The summed E-state index contributed by atoms with van der Waals surface area (Å²) in [5.74, 6) is -0.485. The molecule has 6 heteroatoms. The molecule has 0 aliphatic heterocycles. The number of nitrogens with one attached hydrogen (secondary N) is 1. The minimum atomic E-state index is -0.317. The first-order valence-electron chi connectivity index (χ1n) is 5.05. The maximum Gasteiger partial charge on any atom is 0.361 e. The first-order valence-corrected chi connectivity index (χ1v) is 5.85. The van der Waals surface area contributed by atoms with E-state index >= 15 is 0 Å². The van der Waals surface area contributed by atoms with Gasteiger partial charge >= 0.3 is 5.97 Å². The van der Waals surface area contributed by atoms with Gasteiger partial charge in [0, 0.05) is 10.0 Å². The van der Waals surface area contributed by atoms with Crippen molar-refractivity contribution in [2.24, 2.45) is 0 Å². The lowest BCUT2D eigenvalue weighted by molar-refractivity contribution is -0.647. The summed E-state index contributed by atoms with van der Waals surface area (Å²) in [4.78, 5) is 22.4. The molecule has 0 saturated carbocycles. The van der Waals surface area contributed by atoms with E-state index < -0.39 is 0 Å². The zero-order chi connectivity index (χ0) is 12.7. The van der Waals surface area contributed by atoms with E-state index in [1.807, 2.05) is 0 Å². The van der Waals surface area contributed by atoms with Crippen LogP contribution >= 0.6 is 15.9 Å². The van der Waals surface area contributed by atoms with Crippen LogP contribution in [-0.4, -0.2) is 32.2 Å². The smallest absolute Gasteiger partial charge is 0.361 e. The lowest BCUT2D eigenvalue weighted by atomic mass is 10.2. The summed E-state index contributed by atoms with van der Waals surface area (Å²) in [5.41, 5.74) is 0.583. The summed E-state index contributed by atoms with van der Waals surface area (Å²) in [6.45, 7) is 0.529. The van der Waals surface area contributed by atoms with Gasteiger partial charge in [-0.15, -0.1) is 0 Å². The number of hydrogen-bond donors (Lipinski definition) is 2. The number of halogens is 1. The molecule has 1 aromatic rings. The molecule has 0 heterocycles. The Labute approximate surface area is 108 Å². The van der Waals surface area contributed by atoms with Crippen LogP contribution in [-0.2, 0) is 9.53 Å². The van der Waals surface area contributed by atoms with E-state index in [2.05, 4.69) is 26.0 Å². The van der Waals surface area contributed by atoms with Crippen LogP contribution in [0.15, 0.2) is 28.7 Å². The fraction of sp³-hybridized carbons (Fsp3) is 0.273. The van der Waals surface area contributed by atoms with Crippen molar-refractivity contribution >= 4 is 27.8 Å². The van der Waals surface area contributed by atoms with Crippen molar-refractivity contribution < 1.29 is 19.6 Å². The van der Waals surface area contributed by atoms with E-state index in [-0.39, 0.29) is 18.4 Å². The topological polar surface area (TPSA) is 72.0 Å². The normalized spacial score (nSPS) is 9.76. The molecule has 0 radical (unpaired) electrons. The van der Waals surface area contributed by atoms with Crippen molar-refractivity contribution in [1.82, 2.24) is 5.32 Å². The van der Waals surface area contributed by atoms with Crippen molar-refractivity contribution in [3.05, 3.63) is 34.3 Å². The number of rotatable bonds is 5. The van der Waals surface area contributed by atoms with Crippen LogP contribution in [0, 0.1) is 0 Å². The third-order valence-electron chi connectivity index (χ3n) is 2.05. The molecule has 0 aliphatic carbocycles. The molecule has 0 aromatic heterocycles. The van der Waals surface area contributed by atoms with Gasteiger partial charge in [-0.2, -0.15) is 0 Å². The van der Waals surface area contributed by atoms with E-state index in [4.69, 9.17) is 0 Å². The number of methoxy groups -OCH3 is 1. The molecule has 17 heavy (non-hydrogen) atoms. The fourth-order valence-electron chi connectivity index (χ4n) is 1.14. The Bertz CT molecular complexity index is 392. The maximum absolute atomic E-state index is 11.6. The predicted octanol–water partition coefficient (Wildman–Crippen LogP) is -0.127. The molecule has 5 nitrogen and oxygen atoms in total. The molecule has 0 atom stereocenters. The van der Waals surface area contributed by atoms with E-state index in [0.29, 0.717) is 12.2 Å². The summed E-state index contributed by atoms with van der Waals surface area (Å²) >= 11 is 3.29. The SMILES string of the molecule is COC(=O)C[NH2+]CNC(=O)c1ccc(Br)cc1. The summed E-state index contributed by atoms with van der Waals surface area (Å²) in [5, 5.41) is 4.34. The zero-order valence-corrected chi connectivity index (χ0v) is 11.0. The first-order chi connectivity index (χ1) is 8.13. The van der Waals surface area contributed by atoms with Gasteiger partial charge in [0.05, 0.1) is 7.11 Å². The molecular weight excluding hydrogens is 288 g/mol. The van der Waals surface area contributed by atoms with Crippen molar-refractivity contribution in [2.45, 2.75) is 0 Å². The quantitative estimate of drug-likeness (QED) is 0.452. The first kappa shape index (κ1) is 13.7. The van der Waals surface area contributed by atoms with E-state index in [9.17, 15) is 9.59 Å². The van der Waals surface area contributed by atoms with E-state index in [0.717, 1.165) is 4.47 Å². The zero-order valence-electron chi connectivity index (χ0n) is 9.40. The van der Waals surface area contributed by atoms with Crippen LogP contribution < -0.4 is 10.6 Å². The number of nitrogens with two attached hydrogens (primary N) is 1. The Morgan fingerprint density at radius 2 is 2.00 bits per heavy atom. The minimum Gasteiger partial charge on any atom is -0.465 e. The monoisotopic (exact) mass is 301 g/mol. The van der Waals surface area contributed by atoms with Crippen LogP contribution in [0.5, 0.6) is 0 Å². The third-order valence-corrected chi connectivity index (χ3v) is 2.58. The Morgan fingerprint density at radius 1 is 1.35 bits per heavy atom. The standard InChI is InChI=1S/C11H13BrN2O3/c1-17-10(15)6-13-7-14-11(16)8-2-4-9(12)5-3-8/h2-5,13H,6-7H2,1H3,(H,14,16)/p+1. The van der Waals surface area contributed by atoms with Crippen LogP contribution in [0.4, 0.5) is 0 Å². The van der Waals surface area contributed by atoms with Gasteiger partial charge in [-0.25, -0.2) is 4.79 Å². The van der Waals surface area contributed by atoms with Crippen LogP contribution in [0.25, 0.3) is 0 Å². The molecule has 0 unspecified atom stereocenters. The molecular formula is C11H14BrN2O3+. The van der Waals surface area contributed by atoms with Crippen LogP contribution in [0.3, 0.4) is 0 Å². The molecule has 0 aliphatic rings. The van der Waals surface area contributed by atoms with Crippen LogP contribution in [0.2, 0.25) is 0 Å². The van der Waals surface area contributed by atoms with Gasteiger partial charge in [0.25, 0.3) is 5.91 Å². The average molecular weight is 302 g/mol. The van der Waals surface area contributed by atoms with Gasteiger partial charge in [0.15, 0.2) is 13.2 Å². The van der Waals surface area contributed by atoms with Gasteiger partial charge in [0.2, 0.25) is 0 Å². The number of hydrogen-bond acceptors (Lipinski definition) is 3. The van der Waals surface area contributed by atoms with Gasteiger partial charge in [0.1, 0.15) is 0 Å². The Morgan fingerprint density at radius 3 is 2.59 bits per heavy atom. The minimum absolute atomic E-state index is 0.168. The molecule has 1 amide bonds. The summed E-state index contributed by atoms with van der Waals surface area (Å²) < 4.78 is 5.39. The second-order valence-corrected chi connectivity index (χ2v) is 4.20. The number of benzene rings is 1. The molecule has 92 valence electrons. The highest BCUT2D eigenvalue weighted by Crippen LogP contribution is 2.09. The Balaban J connectivity index is 2.30. The maximum atomic E-state index is 11.6. The molecule has 0 bridgehead atoms.